The van der Waals surface area contributed by atoms with Crippen LogP contribution in [0.25, 0.3) is 11.3 Å². The Morgan fingerprint density at radius 1 is 1.21 bits per heavy atom. The number of nitriles is 1. The van der Waals surface area contributed by atoms with Gasteiger partial charge in [0.15, 0.2) is 5.69 Å². The molecule has 0 saturated heterocycles. The molecule has 0 N–H and O–H groups in total. The number of unbranched alkanes of at least 4 members (excludes halogenated alkanes) is 1. The van der Waals surface area contributed by atoms with Crippen LogP contribution >= 0.6 is 11.8 Å². The van der Waals surface area contributed by atoms with E-state index in [1.165, 1.54) is 18.7 Å². The van der Waals surface area contributed by atoms with Crippen LogP contribution in [0.2, 0.25) is 0 Å². The molecule has 3 aromatic rings. The molecule has 4 rings (SSSR count). The molecule has 0 aliphatic carbocycles. The number of carbonyl (C=O) groups is 1. The Morgan fingerprint density at radius 3 is 2.64 bits per heavy atom. The summed E-state index contributed by atoms with van der Waals surface area (Å²) < 4.78 is 6.41. The SMILES string of the molecule is CCCCSc1nnc2c(n1)OC(c1ccc(C#N)cc1)N(C(C)=O)c1c(C)cc(C)cc1-2. The first kappa shape index (κ1) is 22.7. The number of fused-ring (bicyclic) bond motifs is 3. The summed E-state index contributed by atoms with van der Waals surface area (Å²) in [5, 5.41) is 18.6. The van der Waals surface area contributed by atoms with E-state index < -0.39 is 6.23 Å². The fourth-order valence-electron chi connectivity index (χ4n) is 3.92. The molecule has 1 atom stereocenters. The van der Waals surface area contributed by atoms with Crippen LogP contribution < -0.4 is 9.64 Å². The van der Waals surface area contributed by atoms with Crippen molar-refractivity contribution in [1.29, 1.82) is 5.26 Å². The van der Waals surface area contributed by atoms with Gasteiger partial charge in [0.25, 0.3) is 0 Å². The second-order valence-corrected chi connectivity index (χ2v) is 9.08. The van der Waals surface area contributed by atoms with Crippen molar-refractivity contribution >= 4 is 23.4 Å². The molecule has 2 aromatic carbocycles. The minimum Gasteiger partial charge on any atom is -0.447 e. The number of aromatic nitrogens is 3. The van der Waals surface area contributed by atoms with E-state index in [9.17, 15) is 10.1 Å². The predicted octanol–water partition coefficient (Wildman–Crippen LogP) is 5.36. The van der Waals surface area contributed by atoms with Crippen LogP contribution in [0.15, 0.2) is 41.6 Å². The normalized spacial score (nSPS) is 14.5. The molecular weight excluding hydrogens is 434 g/mol. The third kappa shape index (κ3) is 4.55. The van der Waals surface area contributed by atoms with Gasteiger partial charge < -0.3 is 4.74 Å². The van der Waals surface area contributed by atoms with Gasteiger partial charge in [0.2, 0.25) is 23.2 Å². The molecule has 0 radical (unpaired) electrons. The van der Waals surface area contributed by atoms with E-state index in [2.05, 4.69) is 28.2 Å². The minimum absolute atomic E-state index is 0.170. The summed E-state index contributed by atoms with van der Waals surface area (Å²) in [6, 6.07) is 13.2. The summed E-state index contributed by atoms with van der Waals surface area (Å²) in [7, 11) is 0. The van der Waals surface area contributed by atoms with E-state index in [0.29, 0.717) is 22.3 Å². The molecule has 8 heteroatoms. The second-order valence-electron chi connectivity index (χ2n) is 8.02. The van der Waals surface area contributed by atoms with Crippen molar-refractivity contribution in [3.63, 3.8) is 0 Å². The zero-order valence-electron chi connectivity index (χ0n) is 19.1. The molecule has 1 unspecified atom stereocenters. The van der Waals surface area contributed by atoms with Gasteiger partial charge in [-0.2, -0.15) is 10.2 Å². The van der Waals surface area contributed by atoms with Gasteiger partial charge in [0, 0.05) is 23.8 Å². The van der Waals surface area contributed by atoms with Crippen LogP contribution in [0, 0.1) is 25.2 Å². The topological polar surface area (TPSA) is 92.0 Å². The minimum atomic E-state index is -0.762. The maximum Gasteiger partial charge on any atom is 0.247 e. The van der Waals surface area contributed by atoms with Crippen molar-refractivity contribution in [2.75, 3.05) is 10.7 Å². The average molecular weight is 460 g/mol. The quantitative estimate of drug-likeness (QED) is 0.374. The lowest BCUT2D eigenvalue weighted by atomic mass is 10.00. The zero-order valence-corrected chi connectivity index (χ0v) is 19.9. The molecule has 1 aromatic heterocycles. The van der Waals surface area contributed by atoms with E-state index in [0.717, 1.165) is 46.5 Å². The van der Waals surface area contributed by atoms with Crippen molar-refractivity contribution in [1.82, 2.24) is 15.2 Å². The predicted molar refractivity (Wildman–Crippen MR) is 128 cm³/mol. The van der Waals surface area contributed by atoms with Crippen molar-refractivity contribution in [3.05, 3.63) is 58.7 Å². The first-order valence-electron chi connectivity index (χ1n) is 10.9. The molecule has 2 heterocycles. The number of rotatable bonds is 5. The molecule has 0 saturated carbocycles. The summed E-state index contributed by atoms with van der Waals surface area (Å²) in [5.74, 6) is 1.06. The van der Waals surface area contributed by atoms with Crippen molar-refractivity contribution < 1.29 is 9.53 Å². The van der Waals surface area contributed by atoms with Gasteiger partial charge in [-0.3, -0.25) is 9.69 Å². The Hall–Kier alpha value is -3.44. The van der Waals surface area contributed by atoms with E-state index in [4.69, 9.17) is 4.74 Å². The molecule has 168 valence electrons. The monoisotopic (exact) mass is 459 g/mol. The molecule has 1 aliphatic heterocycles. The van der Waals surface area contributed by atoms with Crippen LogP contribution in [0.1, 0.15) is 55.2 Å². The third-order valence-electron chi connectivity index (χ3n) is 5.43. The summed E-state index contributed by atoms with van der Waals surface area (Å²) in [4.78, 5) is 19.3. The standard InChI is InChI=1S/C25H25N5O2S/c1-5-6-11-33-25-27-23-21(28-29-25)20-13-15(2)12-16(3)22(20)30(17(4)31)24(32-23)19-9-7-18(14-26)8-10-19/h7-10,12-13,24H,5-6,11H2,1-4H3. The maximum absolute atomic E-state index is 13.0. The Morgan fingerprint density at radius 2 is 1.97 bits per heavy atom. The van der Waals surface area contributed by atoms with Gasteiger partial charge in [0.05, 0.1) is 17.3 Å². The number of hydrogen-bond donors (Lipinski definition) is 0. The number of ether oxygens (including phenoxy) is 1. The van der Waals surface area contributed by atoms with Crippen LogP contribution in [0.5, 0.6) is 5.88 Å². The summed E-state index contributed by atoms with van der Waals surface area (Å²) in [6.45, 7) is 7.63. The fraction of sp³-hybridized carbons (Fsp3) is 0.320. The molecule has 7 nitrogen and oxygen atoms in total. The first-order valence-corrected chi connectivity index (χ1v) is 11.9. The van der Waals surface area contributed by atoms with Gasteiger partial charge in [-0.25, -0.2) is 0 Å². The third-order valence-corrected chi connectivity index (χ3v) is 6.35. The molecule has 33 heavy (non-hydrogen) atoms. The number of thioether (sulfide) groups is 1. The molecule has 0 fully saturated rings. The smallest absolute Gasteiger partial charge is 0.247 e. The lowest BCUT2D eigenvalue weighted by Crippen LogP contribution is -2.36. The number of carbonyl (C=O) groups excluding carboxylic acids is 1. The summed E-state index contributed by atoms with van der Waals surface area (Å²) in [5.41, 5.74) is 5.25. The first-order chi connectivity index (χ1) is 15.9. The Bertz CT molecular complexity index is 1240. The van der Waals surface area contributed by atoms with Crippen LogP contribution in [-0.2, 0) is 4.79 Å². The van der Waals surface area contributed by atoms with Crippen LogP contribution in [-0.4, -0.2) is 26.8 Å². The van der Waals surface area contributed by atoms with Gasteiger partial charge in [-0.1, -0.05) is 48.9 Å². The highest BCUT2D eigenvalue weighted by Gasteiger charge is 2.35. The Balaban J connectivity index is 1.91. The molecular formula is C25H25N5O2S. The lowest BCUT2D eigenvalue weighted by molar-refractivity contribution is -0.118. The molecule has 0 spiro atoms. The number of anilines is 1. The second kappa shape index (κ2) is 9.59. The molecule has 0 bridgehead atoms. The summed E-state index contributed by atoms with van der Waals surface area (Å²) in [6.07, 6.45) is 1.38. The van der Waals surface area contributed by atoms with Crippen molar-refractivity contribution in [2.24, 2.45) is 0 Å². The van der Waals surface area contributed by atoms with Gasteiger partial charge in [-0.05, 0) is 44.0 Å². The summed E-state index contributed by atoms with van der Waals surface area (Å²) >= 11 is 1.54. The Labute approximate surface area is 197 Å². The highest BCUT2D eigenvalue weighted by atomic mass is 32.2. The van der Waals surface area contributed by atoms with Crippen molar-refractivity contribution in [3.8, 4) is 23.2 Å². The zero-order chi connectivity index (χ0) is 23.5. The number of nitrogens with zero attached hydrogens (tertiary/aromatic N) is 5. The van der Waals surface area contributed by atoms with Crippen LogP contribution in [0.3, 0.4) is 0 Å². The lowest BCUT2D eigenvalue weighted by Gasteiger charge is -2.31. The van der Waals surface area contributed by atoms with Crippen molar-refractivity contribution in [2.45, 2.75) is 51.9 Å². The number of amides is 1. The van der Waals surface area contributed by atoms with Gasteiger partial charge >= 0.3 is 0 Å². The highest BCUT2D eigenvalue weighted by molar-refractivity contribution is 7.99. The van der Waals surface area contributed by atoms with E-state index in [1.807, 2.05) is 26.0 Å². The van der Waals surface area contributed by atoms with Gasteiger partial charge in [-0.15, -0.1) is 10.2 Å². The van der Waals surface area contributed by atoms with E-state index in [1.54, 1.807) is 29.2 Å². The average Bonchev–Trinajstić information content (AvgIpc) is 2.94. The van der Waals surface area contributed by atoms with E-state index >= 15 is 0 Å². The molecule has 1 amide bonds. The highest BCUT2D eigenvalue weighted by Crippen LogP contribution is 2.45. The maximum atomic E-state index is 13.0. The number of aryl methyl sites for hydroxylation is 2. The molecule has 1 aliphatic rings. The number of benzene rings is 2. The largest absolute Gasteiger partial charge is 0.447 e. The number of hydrogen-bond acceptors (Lipinski definition) is 7. The fourth-order valence-corrected chi connectivity index (χ4v) is 4.78. The van der Waals surface area contributed by atoms with Crippen LogP contribution in [0.4, 0.5) is 5.69 Å². The van der Waals surface area contributed by atoms with Gasteiger partial charge in [0.1, 0.15) is 0 Å². The van der Waals surface area contributed by atoms with E-state index in [-0.39, 0.29) is 5.91 Å². The Kier molecular flexibility index (Phi) is 6.61.